The Morgan fingerprint density at radius 1 is 1.21 bits per heavy atom. The van der Waals surface area contributed by atoms with Gasteiger partial charge in [-0.1, -0.05) is 42.7 Å². The van der Waals surface area contributed by atoms with Gasteiger partial charge in [0.05, 0.1) is 4.90 Å². The number of carbonyl (C=O) groups is 1. The van der Waals surface area contributed by atoms with Crippen molar-refractivity contribution in [3.05, 3.63) is 34.3 Å². The van der Waals surface area contributed by atoms with Gasteiger partial charge in [0.25, 0.3) is 0 Å². The van der Waals surface area contributed by atoms with E-state index in [0.717, 1.165) is 30.7 Å². The molecule has 1 amide bonds. The maximum atomic E-state index is 12.2. The summed E-state index contributed by atoms with van der Waals surface area (Å²) in [7, 11) is -3.72. The summed E-state index contributed by atoms with van der Waals surface area (Å²) in [6.07, 6.45) is 4.06. The lowest BCUT2D eigenvalue weighted by Crippen LogP contribution is -2.22. The highest BCUT2D eigenvalue weighted by Gasteiger charge is 2.20. The first-order chi connectivity index (χ1) is 11.4. The maximum Gasteiger partial charge on any atom is 0.241 e. The molecule has 24 heavy (non-hydrogen) atoms. The molecule has 1 aromatic heterocycles. The number of benzene rings is 1. The third-order valence-electron chi connectivity index (χ3n) is 3.20. The fourth-order valence-electron chi connectivity index (χ4n) is 1.98. The van der Waals surface area contributed by atoms with Crippen molar-refractivity contribution in [1.82, 2.24) is 10.2 Å². The molecule has 1 heterocycles. The van der Waals surface area contributed by atoms with E-state index in [4.69, 9.17) is 11.6 Å². The van der Waals surface area contributed by atoms with Crippen LogP contribution in [0.3, 0.4) is 0 Å². The number of carbonyl (C=O) groups excluding carboxylic acids is 1. The number of aromatic nitrogens is 2. The lowest BCUT2D eigenvalue weighted by atomic mass is 10.2. The molecular formula is C15H18ClN3O3S2. The van der Waals surface area contributed by atoms with Crippen LogP contribution in [0, 0.1) is 0 Å². The molecule has 1 aromatic carbocycles. The van der Waals surface area contributed by atoms with Crippen LogP contribution in [0.1, 0.15) is 31.2 Å². The van der Waals surface area contributed by atoms with Crippen LogP contribution in [0.25, 0.3) is 0 Å². The molecule has 6 nitrogen and oxygen atoms in total. The van der Waals surface area contributed by atoms with E-state index in [-0.39, 0.29) is 4.90 Å². The molecule has 0 radical (unpaired) electrons. The lowest BCUT2D eigenvalue weighted by Gasteiger charge is -2.04. The summed E-state index contributed by atoms with van der Waals surface area (Å²) in [5.41, 5.74) is 0. The third kappa shape index (κ3) is 5.54. The van der Waals surface area contributed by atoms with Crippen molar-refractivity contribution in [2.24, 2.45) is 0 Å². The van der Waals surface area contributed by atoms with Gasteiger partial charge in [-0.05, 0) is 30.7 Å². The highest BCUT2D eigenvalue weighted by atomic mass is 35.5. The molecule has 0 aliphatic rings. The number of nitrogens with zero attached hydrogens (tertiary/aromatic N) is 2. The Balaban J connectivity index is 1.94. The Morgan fingerprint density at radius 3 is 2.58 bits per heavy atom. The second-order valence-electron chi connectivity index (χ2n) is 5.22. The molecule has 0 aliphatic carbocycles. The van der Waals surface area contributed by atoms with Gasteiger partial charge in [0.2, 0.25) is 11.0 Å². The van der Waals surface area contributed by atoms with Crippen LogP contribution in [0.15, 0.2) is 29.2 Å². The number of aryl methyl sites for hydroxylation is 1. The van der Waals surface area contributed by atoms with Crippen LogP contribution in [0.4, 0.5) is 5.13 Å². The zero-order chi connectivity index (χ0) is 17.6. The standard InChI is InChI=1S/C15H18ClN3O3S2/c1-2-3-4-5-14-18-19-15(23-14)17-13(20)10-24(21,22)12-8-6-11(16)7-9-12/h6-9H,2-5,10H2,1H3,(H,17,19,20). The third-order valence-corrected chi connectivity index (χ3v) is 5.98. The molecule has 0 aliphatic heterocycles. The quantitative estimate of drug-likeness (QED) is 0.701. The molecule has 2 aromatic rings. The summed E-state index contributed by atoms with van der Waals surface area (Å²) in [6, 6.07) is 5.70. The van der Waals surface area contributed by atoms with Gasteiger partial charge in [0, 0.05) is 11.4 Å². The largest absolute Gasteiger partial charge is 0.300 e. The molecule has 0 atom stereocenters. The van der Waals surface area contributed by atoms with Gasteiger partial charge < -0.3 is 0 Å². The molecule has 0 saturated carbocycles. The van der Waals surface area contributed by atoms with E-state index in [1.165, 1.54) is 35.6 Å². The minimum atomic E-state index is -3.72. The van der Waals surface area contributed by atoms with Gasteiger partial charge in [-0.25, -0.2) is 8.42 Å². The summed E-state index contributed by atoms with van der Waals surface area (Å²) in [6.45, 7) is 2.12. The molecule has 0 saturated heterocycles. The van der Waals surface area contributed by atoms with E-state index in [0.29, 0.717) is 10.2 Å². The predicted molar refractivity (Wildman–Crippen MR) is 95.3 cm³/mol. The van der Waals surface area contributed by atoms with E-state index >= 15 is 0 Å². The zero-order valence-electron chi connectivity index (χ0n) is 13.2. The predicted octanol–water partition coefficient (Wildman–Crippen LogP) is 3.34. The van der Waals surface area contributed by atoms with Gasteiger partial charge >= 0.3 is 0 Å². The molecule has 0 unspecified atom stereocenters. The first kappa shape index (κ1) is 18.8. The number of unbranched alkanes of at least 4 members (excludes halogenated alkanes) is 2. The second kappa shape index (κ2) is 8.55. The summed E-state index contributed by atoms with van der Waals surface area (Å²) in [5.74, 6) is -1.29. The van der Waals surface area contributed by atoms with Gasteiger partial charge in [0.1, 0.15) is 10.8 Å². The van der Waals surface area contributed by atoms with Crippen LogP contribution >= 0.6 is 22.9 Å². The van der Waals surface area contributed by atoms with Gasteiger partial charge in [-0.2, -0.15) is 0 Å². The monoisotopic (exact) mass is 387 g/mol. The molecule has 9 heteroatoms. The van der Waals surface area contributed by atoms with E-state index in [1.54, 1.807) is 0 Å². The number of halogens is 1. The summed E-state index contributed by atoms with van der Waals surface area (Å²) < 4.78 is 24.4. The van der Waals surface area contributed by atoms with E-state index in [2.05, 4.69) is 22.4 Å². The second-order valence-corrected chi connectivity index (χ2v) is 8.71. The lowest BCUT2D eigenvalue weighted by molar-refractivity contribution is -0.113. The van der Waals surface area contributed by atoms with E-state index in [9.17, 15) is 13.2 Å². The fraction of sp³-hybridized carbons (Fsp3) is 0.400. The van der Waals surface area contributed by atoms with Gasteiger partial charge in [-0.15, -0.1) is 10.2 Å². The molecule has 130 valence electrons. The van der Waals surface area contributed by atoms with Gasteiger partial charge in [-0.3, -0.25) is 10.1 Å². The summed E-state index contributed by atoms with van der Waals surface area (Å²) >= 11 is 7.00. The summed E-state index contributed by atoms with van der Waals surface area (Å²) in [4.78, 5) is 12.0. The highest BCUT2D eigenvalue weighted by Crippen LogP contribution is 2.19. The number of nitrogens with one attached hydrogen (secondary N) is 1. The van der Waals surface area contributed by atoms with Crippen molar-refractivity contribution < 1.29 is 13.2 Å². The maximum absolute atomic E-state index is 12.2. The van der Waals surface area contributed by atoms with Crippen molar-refractivity contribution in [3.8, 4) is 0 Å². The van der Waals surface area contributed by atoms with Crippen LogP contribution in [0.5, 0.6) is 0 Å². The van der Waals surface area contributed by atoms with Crippen LogP contribution < -0.4 is 5.32 Å². The Kier molecular flexibility index (Phi) is 6.70. The number of hydrogen-bond acceptors (Lipinski definition) is 6. The fourth-order valence-corrected chi connectivity index (χ4v) is 4.04. The number of anilines is 1. The number of sulfone groups is 1. The molecule has 0 spiro atoms. The zero-order valence-corrected chi connectivity index (χ0v) is 15.5. The Bertz CT molecular complexity index is 789. The van der Waals surface area contributed by atoms with Crippen LogP contribution in [-0.4, -0.2) is 30.3 Å². The average molecular weight is 388 g/mol. The molecular weight excluding hydrogens is 370 g/mol. The number of hydrogen-bond donors (Lipinski definition) is 1. The van der Waals surface area contributed by atoms with Crippen molar-refractivity contribution in [3.63, 3.8) is 0 Å². The first-order valence-corrected chi connectivity index (χ1v) is 10.4. The first-order valence-electron chi connectivity index (χ1n) is 7.51. The Labute approximate surface area is 150 Å². The summed E-state index contributed by atoms with van der Waals surface area (Å²) in [5, 5.41) is 11.9. The smallest absolute Gasteiger partial charge is 0.241 e. The Morgan fingerprint density at radius 2 is 1.92 bits per heavy atom. The molecule has 1 N–H and O–H groups in total. The molecule has 0 fully saturated rings. The minimum Gasteiger partial charge on any atom is -0.300 e. The van der Waals surface area contributed by atoms with Crippen molar-refractivity contribution in [1.29, 1.82) is 0 Å². The SMILES string of the molecule is CCCCCc1nnc(NC(=O)CS(=O)(=O)c2ccc(Cl)cc2)s1. The van der Waals surface area contributed by atoms with Crippen LogP contribution in [-0.2, 0) is 21.1 Å². The number of rotatable bonds is 8. The normalized spacial score (nSPS) is 11.4. The van der Waals surface area contributed by atoms with E-state index < -0.39 is 21.5 Å². The minimum absolute atomic E-state index is 0.0552. The highest BCUT2D eigenvalue weighted by molar-refractivity contribution is 7.92. The van der Waals surface area contributed by atoms with E-state index in [1.807, 2.05) is 0 Å². The van der Waals surface area contributed by atoms with Crippen molar-refractivity contribution in [2.45, 2.75) is 37.5 Å². The Hall–Kier alpha value is -1.51. The number of amides is 1. The molecule has 2 rings (SSSR count). The van der Waals surface area contributed by atoms with Crippen molar-refractivity contribution in [2.75, 3.05) is 11.1 Å². The van der Waals surface area contributed by atoms with Crippen molar-refractivity contribution >= 4 is 43.8 Å². The average Bonchev–Trinajstić information content (AvgIpc) is 2.94. The van der Waals surface area contributed by atoms with Gasteiger partial charge in [0.15, 0.2) is 9.84 Å². The topological polar surface area (TPSA) is 89.0 Å². The molecule has 0 bridgehead atoms. The van der Waals surface area contributed by atoms with Crippen LogP contribution in [0.2, 0.25) is 5.02 Å².